The van der Waals surface area contributed by atoms with Gasteiger partial charge in [0.2, 0.25) is 0 Å². The van der Waals surface area contributed by atoms with Gasteiger partial charge in [0, 0.05) is 0 Å². The van der Waals surface area contributed by atoms with Gasteiger partial charge in [-0.3, -0.25) is 0 Å². The van der Waals surface area contributed by atoms with Crippen molar-refractivity contribution < 1.29 is 25.4 Å². The van der Waals surface area contributed by atoms with E-state index in [-0.39, 0.29) is 20.3 Å². The first-order valence-electron chi connectivity index (χ1n) is 7.11. The molecule has 1 N–H and O–H groups in total. The van der Waals surface area contributed by atoms with Crippen LogP contribution in [0.4, 0.5) is 0 Å². The summed E-state index contributed by atoms with van der Waals surface area (Å²) in [6, 6.07) is 7.68. The van der Waals surface area contributed by atoms with Gasteiger partial charge in [0.1, 0.15) is 5.75 Å². The molecule has 18 heavy (non-hydrogen) atoms. The van der Waals surface area contributed by atoms with Crippen LogP contribution in [-0.2, 0) is 6.42 Å². The van der Waals surface area contributed by atoms with Crippen molar-refractivity contribution in [3.05, 3.63) is 29.8 Å². The molecular weight excluding hydrogens is 215 g/mol. The number of para-hydroxylation sites is 1. The van der Waals surface area contributed by atoms with Crippen molar-refractivity contribution >= 4 is 0 Å². The van der Waals surface area contributed by atoms with E-state index in [9.17, 15) is 5.11 Å². The Hall–Kier alpha value is -0.383. The summed E-state index contributed by atoms with van der Waals surface area (Å²) in [5.41, 5.74) is 1.10. The summed E-state index contributed by atoms with van der Waals surface area (Å²) in [6.45, 7) is 2.26. The molecule has 1 nitrogen and oxygen atoms in total. The number of unbranched alkanes of at least 4 members (excludes halogenated alkanes) is 7. The fourth-order valence-electron chi connectivity index (χ4n) is 2.17. The van der Waals surface area contributed by atoms with Gasteiger partial charge in [-0.1, -0.05) is 70.1 Å². The fraction of sp³-hybridized carbons (Fsp3) is 0.625. The molecule has 0 amide bonds. The normalized spacial score (nSPS) is 10.1. The van der Waals surface area contributed by atoms with Gasteiger partial charge < -0.3 is 6.53 Å². The van der Waals surface area contributed by atoms with Crippen molar-refractivity contribution in [2.24, 2.45) is 0 Å². The van der Waals surface area contributed by atoms with E-state index in [0.717, 1.165) is 12.0 Å². The Morgan fingerprint density at radius 1 is 0.889 bits per heavy atom. The van der Waals surface area contributed by atoms with E-state index < -0.39 is 0 Å². The summed E-state index contributed by atoms with van der Waals surface area (Å²) in [5.74, 6) is 0.454. The quantitative estimate of drug-likeness (QED) is 0.520. The second-order valence-corrected chi connectivity index (χ2v) is 4.85. The summed E-state index contributed by atoms with van der Waals surface area (Å²) >= 11 is 0. The van der Waals surface area contributed by atoms with Crippen molar-refractivity contribution in [2.75, 3.05) is 0 Å². The van der Waals surface area contributed by atoms with Gasteiger partial charge in [-0.05, 0) is 24.5 Å². The van der Waals surface area contributed by atoms with Crippen molar-refractivity contribution in [1.82, 2.24) is 0 Å². The van der Waals surface area contributed by atoms with Crippen LogP contribution in [0.15, 0.2) is 24.3 Å². The number of phenols is 1. The molecule has 0 aromatic heterocycles. The minimum Gasteiger partial charge on any atom is -1.00 e. The zero-order valence-corrected chi connectivity index (χ0v) is 12.1. The molecule has 0 bridgehead atoms. The molecule has 98 valence electrons. The van der Waals surface area contributed by atoms with Gasteiger partial charge in [0.25, 0.3) is 0 Å². The Morgan fingerprint density at radius 3 is 2.06 bits per heavy atom. The molecule has 0 fully saturated rings. The van der Waals surface area contributed by atoms with Crippen molar-refractivity contribution in [2.45, 2.75) is 64.7 Å². The molecule has 0 heterocycles. The molecule has 0 atom stereocenters. The third kappa shape index (κ3) is 7.85. The van der Waals surface area contributed by atoms with E-state index in [4.69, 9.17) is 0 Å². The van der Waals surface area contributed by atoms with E-state index in [2.05, 4.69) is 6.92 Å². The average Bonchev–Trinajstić information content (AvgIpc) is 2.35. The van der Waals surface area contributed by atoms with Crippen LogP contribution in [0.5, 0.6) is 5.75 Å². The summed E-state index contributed by atoms with van der Waals surface area (Å²) in [5, 5.41) is 9.61. The predicted molar refractivity (Wildman–Crippen MR) is 75.5 cm³/mol. The molecule has 1 rings (SSSR count). The minimum atomic E-state index is 0. The van der Waals surface area contributed by atoms with Gasteiger partial charge in [-0.2, -0.15) is 0 Å². The number of aromatic hydroxyl groups is 1. The molecule has 0 saturated carbocycles. The fourth-order valence-corrected chi connectivity index (χ4v) is 2.17. The van der Waals surface area contributed by atoms with Crippen LogP contribution in [-0.4, -0.2) is 5.11 Å². The molecule has 0 aliphatic carbocycles. The number of hydrogen-bond acceptors (Lipinski definition) is 1. The zero-order chi connectivity index (χ0) is 12.3. The van der Waals surface area contributed by atoms with Crippen LogP contribution in [0, 0.1) is 0 Å². The third-order valence-corrected chi connectivity index (χ3v) is 3.29. The molecule has 0 saturated heterocycles. The van der Waals surface area contributed by atoms with E-state index in [0.29, 0.717) is 5.75 Å². The molecule has 0 unspecified atom stereocenters. The predicted octanol–water partition coefficient (Wildman–Crippen LogP) is 2.19. The van der Waals surface area contributed by atoms with E-state index >= 15 is 0 Å². The Kier molecular flexibility index (Phi) is 11.4. The van der Waals surface area contributed by atoms with Crippen LogP contribution < -0.4 is 18.9 Å². The molecule has 0 radical (unpaired) electrons. The Labute approximate surface area is 126 Å². The summed E-state index contributed by atoms with van der Waals surface area (Å²) in [4.78, 5) is 0. The monoisotopic (exact) mass is 242 g/mol. The second kappa shape index (κ2) is 11.7. The molecule has 0 aliphatic heterocycles. The molecular formula is C16H27LiO. The van der Waals surface area contributed by atoms with Crippen LogP contribution >= 0.6 is 0 Å². The molecule has 2 heteroatoms. The Morgan fingerprint density at radius 2 is 1.44 bits per heavy atom. The van der Waals surface area contributed by atoms with E-state index in [1.165, 1.54) is 51.4 Å². The van der Waals surface area contributed by atoms with Crippen LogP contribution in [0.25, 0.3) is 0 Å². The van der Waals surface area contributed by atoms with Crippen LogP contribution in [0.3, 0.4) is 0 Å². The number of phenolic OH excluding ortho intramolecular Hbond substituents is 1. The largest absolute Gasteiger partial charge is 1.00 e. The maximum atomic E-state index is 9.61. The van der Waals surface area contributed by atoms with Crippen LogP contribution in [0.2, 0.25) is 0 Å². The molecule has 0 spiro atoms. The van der Waals surface area contributed by atoms with E-state index in [1.807, 2.05) is 18.2 Å². The van der Waals surface area contributed by atoms with Crippen molar-refractivity contribution in [3.63, 3.8) is 0 Å². The van der Waals surface area contributed by atoms with Gasteiger partial charge in [-0.15, -0.1) is 0 Å². The first-order chi connectivity index (χ1) is 8.34. The summed E-state index contributed by atoms with van der Waals surface area (Å²) in [6.07, 6.45) is 11.7. The average molecular weight is 242 g/mol. The van der Waals surface area contributed by atoms with Crippen molar-refractivity contribution in [3.8, 4) is 5.75 Å². The van der Waals surface area contributed by atoms with Crippen LogP contribution in [0.1, 0.15) is 65.3 Å². The minimum absolute atomic E-state index is 0. The zero-order valence-electron chi connectivity index (χ0n) is 13.1. The smallest absolute Gasteiger partial charge is 1.00 e. The third-order valence-electron chi connectivity index (χ3n) is 3.29. The molecule has 1 aromatic rings. The SMILES string of the molecule is CCCCCCCCCCc1ccccc1O.[H-].[Li+]. The molecule has 0 aliphatic rings. The maximum absolute atomic E-state index is 9.61. The van der Waals surface area contributed by atoms with Gasteiger partial charge in [-0.25, -0.2) is 0 Å². The summed E-state index contributed by atoms with van der Waals surface area (Å²) < 4.78 is 0. The van der Waals surface area contributed by atoms with E-state index in [1.54, 1.807) is 6.07 Å². The standard InChI is InChI=1S/C16H26O.Li.H/c1-2-3-4-5-6-7-8-9-12-15-13-10-11-14-16(15)17;;/h10-11,13-14,17H,2-9,12H2,1H3;;/q;+1;-1. The topological polar surface area (TPSA) is 20.2 Å². The number of benzene rings is 1. The first-order valence-corrected chi connectivity index (χ1v) is 7.11. The van der Waals surface area contributed by atoms with Gasteiger partial charge in [0.05, 0.1) is 0 Å². The number of rotatable bonds is 9. The second-order valence-electron chi connectivity index (χ2n) is 4.85. The Balaban J connectivity index is 0. The van der Waals surface area contributed by atoms with Crippen molar-refractivity contribution in [1.29, 1.82) is 0 Å². The molecule has 1 aromatic carbocycles. The van der Waals surface area contributed by atoms with Gasteiger partial charge >= 0.3 is 18.9 Å². The number of aryl methyl sites for hydroxylation is 1. The van der Waals surface area contributed by atoms with Gasteiger partial charge in [0.15, 0.2) is 0 Å². The summed E-state index contributed by atoms with van der Waals surface area (Å²) in [7, 11) is 0. The Bertz CT molecular complexity index is 305. The first kappa shape index (κ1) is 17.6. The number of hydrogen-bond donors (Lipinski definition) is 1. The maximum Gasteiger partial charge on any atom is 1.00 e.